The Kier molecular flexibility index (Phi) is 5.78. The van der Waals surface area contributed by atoms with Crippen LogP contribution in [-0.2, 0) is 4.79 Å². The molecule has 0 radical (unpaired) electrons. The number of halogens is 1. The Balaban J connectivity index is 1.21. The number of hydrogen-bond acceptors (Lipinski definition) is 6. The van der Waals surface area contributed by atoms with Crippen molar-refractivity contribution >= 4 is 29.3 Å². The maximum Gasteiger partial charge on any atom is 0.241 e. The molecule has 0 spiro atoms. The summed E-state index contributed by atoms with van der Waals surface area (Å²) in [6, 6.07) is 13.8. The van der Waals surface area contributed by atoms with Gasteiger partial charge in [-0.3, -0.25) is 4.79 Å². The highest BCUT2D eigenvalue weighted by Gasteiger charge is 2.34. The van der Waals surface area contributed by atoms with E-state index in [1.807, 2.05) is 53.1 Å². The first-order valence-electron chi connectivity index (χ1n) is 10.2. The largest absolute Gasteiger partial charge is 0.454 e. The first-order valence-corrected chi connectivity index (χ1v) is 11.7. The molecule has 1 amide bonds. The van der Waals surface area contributed by atoms with E-state index in [1.54, 1.807) is 0 Å². The molecule has 2 N–H and O–H groups in total. The van der Waals surface area contributed by atoms with Gasteiger partial charge in [-0.1, -0.05) is 35.9 Å². The Hall–Kier alpha value is -1.93. The number of carbonyl (C=O) groups excluding carboxylic acids is 1. The van der Waals surface area contributed by atoms with Crippen LogP contribution < -0.4 is 20.3 Å². The van der Waals surface area contributed by atoms with Gasteiger partial charge in [-0.15, -0.1) is 0 Å². The first-order chi connectivity index (χ1) is 14.7. The summed E-state index contributed by atoms with van der Waals surface area (Å²) in [6.45, 7) is 1.77. The number of thioether (sulfide) groups is 1. The molecule has 2 aromatic carbocycles. The zero-order valence-corrected chi connectivity index (χ0v) is 18.0. The highest BCUT2D eigenvalue weighted by Crippen LogP contribution is 2.38. The lowest BCUT2D eigenvalue weighted by Crippen LogP contribution is -2.46. The van der Waals surface area contributed by atoms with Gasteiger partial charge in [0.25, 0.3) is 0 Å². The molecule has 3 aliphatic heterocycles. The topological polar surface area (TPSA) is 62.8 Å². The summed E-state index contributed by atoms with van der Waals surface area (Å²) in [6.07, 6.45) is 1.61. The molecule has 5 rings (SSSR count). The van der Waals surface area contributed by atoms with Crippen molar-refractivity contribution in [2.45, 2.75) is 30.2 Å². The van der Waals surface area contributed by atoms with Gasteiger partial charge in [0.2, 0.25) is 12.7 Å². The normalized spacial score (nSPS) is 25.9. The van der Waals surface area contributed by atoms with Crippen molar-refractivity contribution in [3.05, 3.63) is 58.6 Å². The van der Waals surface area contributed by atoms with Crippen molar-refractivity contribution in [3.8, 4) is 11.5 Å². The third-order valence-electron chi connectivity index (χ3n) is 5.91. The van der Waals surface area contributed by atoms with E-state index in [1.165, 1.54) is 5.56 Å². The van der Waals surface area contributed by atoms with Gasteiger partial charge in [-0.2, -0.15) is 11.8 Å². The number of rotatable bonds is 3. The molecule has 8 heteroatoms. The molecule has 158 valence electrons. The fraction of sp³-hybridized carbons (Fsp3) is 0.409. The standard InChI is InChI=1S/C22H24ClN3O3S/c23-16-4-2-1-3-15(16)21-7-8-26(9-10-30-21)22(27)18-12-17(24-25-18)14-5-6-19-20(11-14)29-13-28-19/h1-6,11,17-18,21,24-25H,7-10,12-13H2. The van der Waals surface area contributed by atoms with Crippen LogP contribution in [0.5, 0.6) is 11.5 Å². The Morgan fingerprint density at radius 3 is 2.87 bits per heavy atom. The van der Waals surface area contributed by atoms with Crippen LogP contribution in [0.2, 0.25) is 5.02 Å². The minimum atomic E-state index is -0.234. The Morgan fingerprint density at radius 1 is 1.10 bits per heavy atom. The molecule has 3 atom stereocenters. The molecule has 2 aromatic rings. The molecule has 0 bridgehead atoms. The highest BCUT2D eigenvalue weighted by atomic mass is 35.5. The summed E-state index contributed by atoms with van der Waals surface area (Å²) in [7, 11) is 0. The zero-order valence-electron chi connectivity index (χ0n) is 16.5. The number of nitrogens with zero attached hydrogens (tertiary/aromatic N) is 1. The van der Waals surface area contributed by atoms with Gasteiger partial charge < -0.3 is 14.4 Å². The van der Waals surface area contributed by atoms with Gasteiger partial charge in [0.15, 0.2) is 11.5 Å². The van der Waals surface area contributed by atoms with E-state index in [0.29, 0.717) is 11.7 Å². The summed E-state index contributed by atoms with van der Waals surface area (Å²) in [4.78, 5) is 15.2. The Morgan fingerprint density at radius 2 is 1.97 bits per heavy atom. The monoisotopic (exact) mass is 445 g/mol. The van der Waals surface area contributed by atoms with Crippen LogP contribution in [0.3, 0.4) is 0 Å². The summed E-state index contributed by atoms with van der Waals surface area (Å²) in [5.74, 6) is 2.60. The van der Waals surface area contributed by atoms with E-state index in [0.717, 1.165) is 47.3 Å². The van der Waals surface area contributed by atoms with E-state index >= 15 is 0 Å². The Labute approximate surface area is 185 Å². The quantitative estimate of drug-likeness (QED) is 0.751. The van der Waals surface area contributed by atoms with Crippen LogP contribution in [0.4, 0.5) is 0 Å². The van der Waals surface area contributed by atoms with Crippen molar-refractivity contribution in [2.75, 3.05) is 25.6 Å². The second-order valence-corrected chi connectivity index (χ2v) is 9.45. The molecule has 30 heavy (non-hydrogen) atoms. The number of carbonyl (C=O) groups is 1. The number of nitrogens with one attached hydrogen (secondary N) is 2. The van der Waals surface area contributed by atoms with Gasteiger partial charge in [0.05, 0.1) is 0 Å². The number of benzene rings is 2. The number of fused-ring (bicyclic) bond motifs is 1. The summed E-state index contributed by atoms with van der Waals surface area (Å²) < 4.78 is 10.9. The maximum atomic E-state index is 13.2. The fourth-order valence-corrected chi connectivity index (χ4v) is 5.86. The van der Waals surface area contributed by atoms with Crippen molar-refractivity contribution in [2.24, 2.45) is 0 Å². The van der Waals surface area contributed by atoms with Gasteiger partial charge in [0.1, 0.15) is 6.04 Å². The van der Waals surface area contributed by atoms with E-state index < -0.39 is 0 Å². The van der Waals surface area contributed by atoms with Crippen LogP contribution in [-0.4, -0.2) is 42.5 Å². The Bertz CT molecular complexity index is 944. The minimum absolute atomic E-state index is 0.0608. The SMILES string of the molecule is O=C(C1CC(c2ccc3c(c2)OCO3)NN1)N1CCSC(c2ccccc2Cl)CC1. The van der Waals surface area contributed by atoms with Gasteiger partial charge in [0, 0.05) is 35.2 Å². The average molecular weight is 446 g/mol. The van der Waals surface area contributed by atoms with Crippen molar-refractivity contribution < 1.29 is 14.3 Å². The summed E-state index contributed by atoms with van der Waals surface area (Å²) in [5, 5.41) is 1.13. The van der Waals surface area contributed by atoms with Gasteiger partial charge >= 0.3 is 0 Å². The maximum absolute atomic E-state index is 13.2. The highest BCUT2D eigenvalue weighted by molar-refractivity contribution is 7.99. The van der Waals surface area contributed by atoms with Crippen LogP contribution in [0, 0.1) is 0 Å². The van der Waals surface area contributed by atoms with Crippen LogP contribution in [0.1, 0.15) is 35.3 Å². The zero-order chi connectivity index (χ0) is 20.5. The molecule has 3 aliphatic rings. The van der Waals surface area contributed by atoms with E-state index in [4.69, 9.17) is 21.1 Å². The fourth-order valence-electron chi connectivity index (χ4n) is 4.26. The average Bonchev–Trinajstić information content (AvgIpc) is 3.38. The van der Waals surface area contributed by atoms with Crippen molar-refractivity contribution in [1.29, 1.82) is 0 Å². The molecule has 6 nitrogen and oxygen atoms in total. The number of ether oxygens (including phenoxy) is 2. The van der Waals surface area contributed by atoms with Crippen LogP contribution in [0.25, 0.3) is 0 Å². The molecule has 2 fully saturated rings. The molecule has 0 aliphatic carbocycles. The van der Waals surface area contributed by atoms with Crippen LogP contribution in [0.15, 0.2) is 42.5 Å². The molecular weight excluding hydrogens is 422 g/mol. The van der Waals surface area contributed by atoms with E-state index in [2.05, 4.69) is 16.9 Å². The molecular formula is C22H24ClN3O3S. The van der Waals surface area contributed by atoms with E-state index in [9.17, 15) is 4.79 Å². The van der Waals surface area contributed by atoms with Crippen molar-refractivity contribution in [1.82, 2.24) is 15.8 Å². The lowest BCUT2D eigenvalue weighted by molar-refractivity contribution is -0.132. The smallest absolute Gasteiger partial charge is 0.241 e. The molecule has 0 saturated carbocycles. The third kappa shape index (κ3) is 3.99. The first kappa shape index (κ1) is 20.0. The third-order valence-corrected chi connectivity index (χ3v) is 7.56. The lowest BCUT2D eigenvalue weighted by atomic mass is 10.0. The van der Waals surface area contributed by atoms with Crippen molar-refractivity contribution in [3.63, 3.8) is 0 Å². The minimum Gasteiger partial charge on any atom is -0.454 e. The molecule has 3 unspecified atom stereocenters. The summed E-state index contributed by atoms with van der Waals surface area (Å²) in [5.41, 5.74) is 8.74. The summed E-state index contributed by atoms with van der Waals surface area (Å²) >= 11 is 8.28. The lowest BCUT2D eigenvalue weighted by Gasteiger charge is -2.23. The molecule has 0 aromatic heterocycles. The second kappa shape index (κ2) is 8.67. The predicted octanol–water partition coefficient (Wildman–Crippen LogP) is 3.68. The van der Waals surface area contributed by atoms with Crippen LogP contribution >= 0.6 is 23.4 Å². The molecule has 3 heterocycles. The predicted molar refractivity (Wildman–Crippen MR) is 118 cm³/mol. The molecule has 2 saturated heterocycles. The second-order valence-electron chi connectivity index (χ2n) is 7.74. The van der Waals surface area contributed by atoms with E-state index in [-0.39, 0.29) is 24.8 Å². The number of amides is 1. The van der Waals surface area contributed by atoms with Gasteiger partial charge in [-0.05, 0) is 42.2 Å². The van der Waals surface area contributed by atoms with Gasteiger partial charge in [-0.25, -0.2) is 10.9 Å². The number of hydrogen-bond donors (Lipinski definition) is 2. The number of hydrazine groups is 1.